The fraction of sp³-hybridized carbons (Fsp3) is 0.308. The van der Waals surface area contributed by atoms with Crippen molar-refractivity contribution in [2.24, 2.45) is 18.0 Å². The molecule has 0 aliphatic heterocycles. The Bertz CT molecular complexity index is 539. The molecule has 0 aliphatic carbocycles. The predicted molar refractivity (Wildman–Crippen MR) is 71.6 cm³/mol. The molecule has 0 bridgehead atoms. The number of benzene rings is 1. The summed E-state index contributed by atoms with van der Waals surface area (Å²) in [5, 5.41) is 5.88. The number of thiazole rings is 1. The second-order valence-electron chi connectivity index (χ2n) is 4.21. The van der Waals surface area contributed by atoms with E-state index in [2.05, 4.69) is 46.2 Å². The fourth-order valence-corrected chi connectivity index (χ4v) is 2.75. The van der Waals surface area contributed by atoms with Gasteiger partial charge in [-0.25, -0.2) is 0 Å². The third kappa shape index (κ3) is 2.58. The van der Waals surface area contributed by atoms with Crippen LogP contribution in [0.15, 0.2) is 40.8 Å². The lowest BCUT2D eigenvalue weighted by molar-refractivity contribution is 0.689. The van der Waals surface area contributed by atoms with Crippen molar-refractivity contribution in [1.29, 1.82) is 0 Å². The molecule has 1 atom stereocenters. The minimum Gasteiger partial charge on any atom is -0.323 e. The van der Waals surface area contributed by atoms with E-state index < -0.39 is 0 Å². The van der Waals surface area contributed by atoms with Gasteiger partial charge in [-0.2, -0.15) is 5.10 Å². The van der Waals surface area contributed by atoms with Gasteiger partial charge in [0.05, 0.1) is 0 Å². The van der Waals surface area contributed by atoms with E-state index in [-0.39, 0.29) is 0 Å². The van der Waals surface area contributed by atoms with Gasteiger partial charge < -0.3 is 10.4 Å². The van der Waals surface area contributed by atoms with Crippen LogP contribution in [0.2, 0.25) is 0 Å². The topological polar surface area (TPSA) is 43.3 Å². The van der Waals surface area contributed by atoms with Crippen LogP contribution in [-0.2, 0) is 13.5 Å². The highest BCUT2D eigenvalue weighted by Crippen LogP contribution is 2.19. The number of rotatable bonds is 3. The highest BCUT2D eigenvalue weighted by molar-refractivity contribution is 7.07. The van der Waals surface area contributed by atoms with Gasteiger partial charge >= 0.3 is 0 Å². The summed E-state index contributed by atoms with van der Waals surface area (Å²) in [5.41, 5.74) is 2.64. The zero-order valence-electron chi connectivity index (χ0n) is 10.1. The molecule has 0 spiro atoms. The second-order valence-corrected chi connectivity index (χ2v) is 5.05. The van der Waals surface area contributed by atoms with E-state index in [1.54, 1.807) is 11.3 Å². The Kier molecular flexibility index (Phi) is 3.64. The van der Waals surface area contributed by atoms with Crippen molar-refractivity contribution in [2.45, 2.75) is 19.3 Å². The molecule has 2 N–H and O–H groups in total. The van der Waals surface area contributed by atoms with Gasteiger partial charge in [0, 0.05) is 18.1 Å². The van der Waals surface area contributed by atoms with Crippen molar-refractivity contribution in [3.05, 3.63) is 51.8 Å². The molecular formula is C13H17N3S. The smallest absolute Gasteiger partial charge is 0.207 e. The third-order valence-corrected chi connectivity index (χ3v) is 3.99. The Labute approximate surface area is 105 Å². The van der Waals surface area contributed by atoms with E-state index in [0.29, 0.717) is 5.92 Å². The van der Waals surface area contributed by atoms with Crippen LogP contribution in [0.25, 0.3) is 0 Å². The van der Waals surface area contributed by atoms with Crippen molar-refractivity contribution in [2.75, 3.05) is 0 Å². The lowest BCUT2D eigenvalue weighted by atomic mass is 9.97. The molecule has 0 radical (unpaired) electrons. The normalized spacial score (nSPS) is 13.9. The second kappa shape index (κ2) is 5.19. The summed E-state index contributed by atoms with van der Waals surface area (Å²) in [7, 11) is 2.01. The molecule has 17 heavy (non-hydrogen) atoms. The standard InChI is InChI=1S/C13H17N3S/c1-10(11-6-4-3-5-7-11)8-12-9-17-13(15-14)16(12)2/h3-7,9-10H,8,14H2,1-2H3. The van der Waals surface area contributed by atoms with Crippen molar-refractivity contribution >= 4 is 11.3 Å². The first kappa shape index (κ1) is 11.9. The number of hydrogen-bond donors (Lipinski definition) is 1. The molecule has 3 nitrogen and oxygen atoms in total. The first-order valence-corrected chi connectivity index (χ1v) is 6.52. The van der Waals surface area contributed by atoms with Gasteiger partial charge in [0.2, 0.25) is 4.80 Å². The molecule has 1 unspecified atom stereocenters. The van der Waals surface area contributed by atoms with Crippen LogP contribution in [0.5, 0.6) is 0 Å². The molecule has 0 aliphatic rings. The van der Waals surface area contributed by atoms with Gasteiger partial charge in [-0.15, -0.1) is 11.3 Å². The van der Waals surface area contributed by atoms with E-state index >= 15 is 0 Å². The van der Waals surface area contributed by atoms with Gasteiger partial charge in [0.15, 0.2) is 0 Å². The Balaban J connectivity index is 2.19. The molecule has 90 valence electrons. The van der Waals surface area contributed by atoms with Crippen LogP contribution >= 0.6 is 11.3 Å². The summed E-state index contributed by atoms with van der Waals surface area (Å²) in [5.74, 6) is 5.82. The number of hydrogen-bond acceptors (Lipinski definition) is 3. The molecule has 4 heteroatoms. The molecule has 0 amide bonds. The minimum atomic E-state index is 0.502. The average Bonchev–Trinajstić information content (AvgIpc) is 2.71. The Morgan fingerprint density at radius 2 is 2.06 bits per heavy atom. The largest absolute Gasteiger partial charge is 0.323 e. The summed E-state index contributed by atoms with van der Waals surface area (Å²) in [6, 6.07) is 10.6. The average molecular weight is 247 g/mol. The molecule has 0 fully saturated rings. The summed E-state index contributed by atoms with van der Waals surface area (Å²) < 4.78 is 2.06. The van der Waals surface area contributed by atoms with E-state index in [0.717, 1.165) is 11.2 Å². The van der Waals surface area contributed by atoms with Gasteiger partial charge in [-0.05, 0) is 17.9 Å². The monoisotopic (exact) mass is 247 g/mol. The van der Waals surface area contributed by atoms with Crippen molar-refractivity contribution in [1.82, 2.24) is 4.57 Å². The predicted octanol–water partition coefficient (Wildman–Crippen LogP) is 2.21. The van der Waals surface area contributed by atoms with Gasteiger partial charge in [0.25, 0.3) is 0 Å². The van der Waals surface area contributed by atoms with Crippen LogP contribution in [0.4, 0.5) is 0 Å². The van der Waals surface area contributed by atoms with Crippen molar-refractivity contribution in [3.63, 3.8) is 0 Å². The van der Waals surface area contributed by atoms with Crippen LogP contribution < -0.4 is 10.6 Å². The summed E-state index contributed by atoms with van der Waals surface area (Å²) in [4.78, 5) is 0.861. The molecule has 2 rings (SSSR count). The molecule has 0 saturated heterocycles. The maximum atomic E-state index is 5.32. The SMILES string of the molecule is CC(Cc1csc(=NN)n1C)c1ccccc1. The van der Waals surface area contributed by atoms with Crippen LogP contribution in [0.3, 0.4) is 0 Å². The van der Waals surface area contributed by atoms with E-state index in [4.69, 9.17) is 5.84 Å². The number of aromatic nitrogens is 1. The molecular weight excluding hydrogens is 230 g/mol. The van der Waals surface area contributed by atoms with E-state index in [1.165, 1.54) is 11.3 Å². The lowest BCUT2D eigenvalue weighted by Gasteiger charge is -2.11. The van der Waals surface area contributed by atoms with Crippen LogP contribution in [0.1, 0.15) is 24.1 Å². The summed E-state index contributed by atoms with van der Waals surface area (Å²) in [6.45, 7) is 2.24. The van der Waals surface area contributed by atoms with Crippen molar-refractivity contribution < 1.29 is 0 Å². The number of nitrogens with two attached hydrogens (primary N) is 1. The Morgan fingerprint density at radius 3 is 2.65 bits per heavy atom. The number of nitrogens with zero attached hydrogens (tertiary/aromatic N) is 2. The molecule has 0 saturated carbocycles. The molecule has 1 heterocycles. The van der Waals surface area contributed by atoms with Gasteiger partial charge in [-0.1, -0.05) is 37.3 Å². The van der Waals surface area contributed by atoms with Gasteiger partial charge in [-0.3, -0.25) is 0 Å². The highest BCUT2D eigenvalue weighted by Gasteiger charge is 2.09. The minimum absolute atomic E-state index is 0.502. The lowest BCUT2D eigenvalue weighted by Crippen LogP contribution is -2.16. The van der Waals surface area contributed by atoms with E-state index in [1.807, 2.05) is 13.1 Å². The molecule has 1 aromatic heterocycles. The first-order chi connectivity index (χ1) is 8.22. The van der Waals surface area contributed by atoms with Gasteiger partial charge in [0.1, 0.15) is 0 Å². The zero-order valence-corrected chi connectivity index (χ0v) is 10.9. The molecule has 2 aromatic rings. The molecule has 1 aromatic carbocycles. The third-order valence-electron chi connectivity index (χ3n) is 3.01. The van der Waals surface area contributed by atoms with Crippen LogP contribution in [-0.4, -0.2) is 4.57 Å². The Morgan fingerprint density at radius 1 is 1.35 bits per heavy atom. The quantitative estimate of drug-likeness (QED) is 0.656. The Hall–Kier alpha value is -1.55. The maximum Gasteiger partial charge on any atom is 0.207 e. The van der Waals surface area contributed by atoms with Crippen LogP contribution in [0, 0.1) is 0 Å². The van der Waals surface area contributed by atoms with E-state index in [9.17, 15) is 0 Å². The summed E-state index contributed by atoms with van der Waals surface area (Å²) in [6.07, 6.45) is 1.01. The fourth-order valence-electron chi connectivity index (χ4n) is 1.92. The summed E-state index contributed by atoms with van der Waals surface area (Å²) >= 11 is 1.58. The van der Waals surface area contributed by atoms with Crippen molar-refractivity contribution in [3.8, 4) is 0 Å². The first-order valence-electron chi connectivity index (χ1n) is 5.64. The zero-order chi connectivity index (χ0) is 12.3. The maximum absolute atomic E-state index is 5.32. The highest BCUT2D eigenvalue weighted by atomic mass is 32.1.